The summed E-state index contributed by atoms with van der Waals surface area (Å²) in [5, 5.41) is 10.5. The van der Waals surface area contributed by atoms with Crippen molar-refractivity contribution in [3.05, 3.63) is 0 Å². The number of carbonyl (C=O) groups is 2. The maximum absolute atomic E-state index is 12.9. The second-order valence-corrected chi connectivity index (χ2v) is 7.00. The Morgan fingerprint density at radius 3 is 2.43 bits per heavy atom. The first-order valence-corrected chi connectivity index (χ1v) is 8.11. The average Bonchev–Trinajstić information content (AvgIpc) is 2.75. The summed E-state index contributed by atoms with van der Waals surface area (Å²) in [6.45, 7) is 7.27. The predicted octanol–water partition coefficient (Wildman–Crippen LogP) is 2.45. The molecule has 3 atom stereocenters. The van der Waals surface area contributed by atoms with E-state index < -0.39 is 23.1 Å². The van der Waals surface area contributed by atoms with Crippen molar-refractivity contribution < 1.29 is 24.2 Å². The second-order valence-electron chi connectivity index (χ2n) is 7.00. The summed E-state index contributed by atoms with van der Waals surface area (Å²) in [4.78, 5) is 24.6. The maximum Gasteiger partial charge on any atom is 0.316 e. The summed E-state index contributed by atoms with van der Waals surface area (Å²) >= 11 is 0. The van der Waals surface area contributed by atoms with Gasteiger partial charge >= 0.3 is 11.9 Å². The third-order valence-corrected chi connectivity index (χ3v) is 4.21. The molecular formula is C18H28O5. The minimum Gasteiger partial charge on any atom is -0.469 e. The van der Waals surface area contributed by atoms with Crippen molar-refractivity contribution in [2.75, 3.05) is 7.11 Å². The highest BCUT2D eigenvalue weighted by atomic mass is 16.6. The first-order chi connectivity index (χ1) is 10.7. The minimum absolute atomic E-state index is 0.0839. The predicted molar refractivity (Wildman–Crippen MR) is 86.3 cm³/mol. The highest BCUT2D eigenvalue weighted by Gasteiger charge is 2.57. The monoisotopic (exact) mass is 324 g/mol. The van der Waals surface area contributed by atoms with Crippen molar-refractivity contribution in [3.8, 4) is 11.8 Å². The highest BCUT2D eigenvalue weighted by Crippen LogP contribution is 2.49. The third kappa shape index (κ3) is 4.71. The summed E-state index contributed by atoms with van der Waals surface area (Å²) in [6.07, 6.45) is 1.11. The van der Waals surface area contributed by atoms with E-state index in [9.17, 15) is 14.7 Å². The fraction of sp³-hybridized carbons (Fsp3) is 0.778. The largest absolute Gasteiger partial charge is 0.469 e. The second kappa shape index (κ2) is 7.83. The van der Waals surface area contributed by atoms with Crippen LogP contribution in [0.2, 0.25) is 0 Å². The van der Waals surface area contributed by atoms with E-state index in [1.54, 1.807) is 20.8 Å². The molecule has 0 saturated heterocycles. The molecule has 5 nitrogen and oxygen atoms in total. The van der Waals surface area contributed by atoms with Gasteiger partial charge in [0.15, 0.2) is 0 Å². The Hall–Kier alpha value is -1.54. The lowest BCUT2D eigenvalue weighted by Gasteiger charge is -2.36. The van der Waals surface area contributed by atoms with E-state index in [4.69, 9.17) is 9.47 Å². The van der Waals surface area contributed by atoms with Crippen LogP contribution in [0.25, 0.3) is 0 Å². The number of ether oxygens (including phenoxy) is 2. The lowest BCUT2D eigenvalue weighted by molar-refractivity contribution is -0.177. The molecule has 5 heteroatoms. The minimum atomic E-state index is -1.16. The number of hydrogen-bond acceptors (Lipinski definition) is 5. The summed E-state index contributed by atoms with van der Waals surface area (Å²) in [7, 11) is 1.32. The number of rotatable bonds is 4. The fourth-order valence-electron chi connectivity index (χ4n) is 3.06. The van der Waals surface area contributed by atoms with E-state index in [1.165, 1.54) is 7.11 Å². The first-order valence-electron chi connectivity index (χ1n) is 8.11. The van der Waals surface area contributed by atoms with Gasteiger partial charge in [0, 0.05) is 19.3 Å². The van der Waals surface area contributed by atoms with E-state index in [0.29, 0.717) is 19.3 Å². The van der Waals surface area contributed by atoms with Crippen LogP contribution in [0.4, 0.5) is 0 Å². The zero-order chi connectivity index (χ0) is 17.7. The number of carbonyl (C=O) groups excluding carboxylic acids is 2. The number of aliphatic hydroxyl groups excluding tert-OH is 1. The molecule has 1 saturated carbocycles. The Labute approximate surface area is 138 Å². The van der Waals surface area contributed by atoms with Crippen LogP contribution < -0.4 is 0 Å². The topological polar surface area (TPSA) is 72.8 Å². The number of methoxy groups -OCH3 is 1. The van der Waals surface area contributed by atoms with Gasteiger partial charge in [-0.25, -0.2) is 0 Å². The summed E-state index contributed by atoms with van der Waals surface area (Å²) < 4.78 is 10.3. The van der Waals surface area contributed by atoms with Crippen molar-refractivity contribution in [1.29, 1.82) is 0 Å². The van der Waals surface area contributed by atoms with Crippen LogP contribution in [0, 0.1) is 23.2 Å². The van der Waals surface area contributed by atoms with Crippen molar-refractivity contribution >= 4 is 11.9 Å². The van der Waals surface area contributed by atoms with Gasteiger partial charge in [-0.1, -0.05) is 6.92 Å². The van der Waals surface area contributed by atoms with Crippen LogP contribution in [0.15, 0.2) is 0 Å². The molecule has 1 aliphatic carbocycles. The van der Waals surface area contributed by atoms with E-state index in [2.05, 4.69) is 11.8 Å². The van der Waals surface area contributed by atoms with Gasteiger partial charge in [0.1, 0.15) is 11.0 Å². The normalized spacial score (nSPS) is 27.0. The number of hydrogen-bond donors (Lipinski definition) is 1. The van der Waals surface area contributed by atoms with Gasteiger partial charge in [-0.05, 0) is 39.5 Å². The molecule has 0 bridgehead atoms. The number of esters is 2. The molecule has 1 aliphatic rings. The van der Waals surface area contributed by atoms with Crippen molar-refractivity contribution in [2.24, 2.45) is 11.3 Å². The summed E-state index contributed by atoms with van der Waals surface area (Å²) in [5.74, 6) is 4.72. The van der Waals surface area contributed by atoms with Gasteiger partial charge in [-0.3, -0.25) is 9.59 Å². The standard InChI is InChI=1S/C18H28O5/c1-6-7-8-11-18(16(21)23-17(2,3)4)13(9-10-14(18)19)12-15(20)22-5/h13-14,19H,6,9-12H2,1-5H3. The van der Waals surface area contributed by atoms with E-state index in [1.807, 2.05) is 6.92 Å². The molecule has 1 fully saturated rings. The Bertz CT molecular complexity index is 494. The Morgan fingerprint density at radius 2 is 1.91 bits per heavy atom. The molecule has 0 amide bonds. The number of aliphatic hydroxyl groups is 1. The fourth-order valence-corrected chi connectivity index (χ4v) is 3.06. The van der Waals surface area contributed by atoms with Gasteiger partial charge in [0.2, 0.25) is 0 Å². The first kappa shape index (κ1) is 19.5. The zero-order valence-corrected chi connectivity index (χ0v) is 14.8. The van der Waals surface area contributed by atoms with Crippen molar-refractivity contribution in [1.82, 2.24) is 0 Å². The van der Waals surface area contributed by atoms with Crippen molar-refractivity contribution in [2.45, 2.75) is 71.5 Å². The van der Waals surface area contributed by atoms with Gasteiger partial charge < -0.3 is 14.6 Å². The molecule has 0 radical (unpaired) electrons. The molecule has 1 rings (SSSR count). The van der Waals surface area contributed by atoms with Crippen molar-refractivity contribution in [3.63, 3.8) is 0 Å². The highest BCUT2D eigenvalue weighted by molar-refractivity contribution is 5.81. The van der Waals surface area contributed by atoms with E-state index in [0.717, 1.165) is 0 Å². The van der Waals surface area contributed by atoms with E-state index in [-0.39, 0.29) is 24.7 Å². The quantitative estimate of drug-likeness (QED) is 0.635. The lowest BCUT2D eigenvalue weighted by atomic mass is 9.72. The van der Waals surface area contributed by atoms with Crippen LogP contribution in [0.1, 0.15) is 59.8 Å². The smallest absolute Gasteiger partial charge is 0.316 e. The maximum atomic E-state index is 12.9. The van der Waals surface area contributed by atoms with Gasteiger partial charge in [-0.15, -0.1) is 11.8 Å². The van der Waals surface area contributed by atoms with Crippen LogP contribution in [-0.4, -0.2) is 35.9 Å². The third-order valence-electron chi connectivity index (χ3n) is 4.21. The van der Waals surface area contributed by atoms with Crippen LogP contribution in [-0.2, 0) is 19.1 Å². The Kier molecular flexibility index (Phi) is 6.64. The van der Waals surface area contributed by atoms with Gasteiger partial charge in [-0.2, -0.15) is 0 Å². The average molecular weight is 324 g/mol. The molecule has 0 heterocycles. The molecule has 0 aliphatic heterocycles. The van der Waals surface area contributed by atoms with Crippen LogP contribution in [0.5, 0.6) is 0 Å². The molecule has 130 valence electrons. The summed E-state index contributed by atoms with van der Waals surface area (Å²) in [6, 6.07) is 0. The molecule has 23 heavy (non-hydrogen) atoms. The molecule has 0 spiro atoms. The van der Waals surface area contributed by atoms with Crippen LogP contribution >= 0.6 is 0 Å². The zero-order valence-electron chi connectivity index (χ0n) is 14.8. The Morgan fingerprint density at radius 1 is 1.26 bits per heavy atom. The molecule has 0 aromatic carbocycles. The molecule has 3 unspecified atom stereocenters. The lowest BCUT2D eigenvalue weighted by Crippen LogP contribution is -2.47. The van der Waals surface area contributed by atoms with Gasteiger partial charge in [0.05, 0.1) is 13.2 Å². The van der Waals surface area contributed by atoms with Crippen LogP contribution in [0.3, 0.4) is 0 Å². The van der Waals surface area contributed by atoms with Gasteiger partial charge in [0.25, 0.3) is 0 Å². The molecular weight excluding hydrogens is 296 g/mol. The Balaban J connectivity index is 3.17. The molecule has 0 aromatic rings. The summed E-state index contributed by atoms with van der Waals surface area (Å²) in [5.41, 5.74) is -1.83. The SMILES string of the molecule is CCC#CCC1(C(=O)OC(C)(C)C)C(O)CCC1CC(=O)OC. The van der Waals surface area contributed by atoms with E-state index >= 15 is 0 Å². The molecule has 1 N–H and O–H groups in total. The molecule has 0 aromatic heterocycles.